The van der Waals surface area contributed by atoms with Gasteiger partial charge in [-0.3, -0.25) is 0 Å². The summed E-state index contributed by atoms with van der Waals surface area (Å²) in [6.07, 6.45) is -0.357. The van der Waals surface area contributed by atoms with E-state index in [9.17, 15) is 0 Å². The molecular weight excluding hydrogens is 152 g/mol. The maximum absolute atomic E-state index is 9.00. The normalized spacial score (nSPS) is 12.5. The first-order valence-corrected chi connectivity index (χ1v) is 3.96. The standard InChI is InChI=1S/C9H14N2O/c1-7(12)6-11-9-5-3-2-4-8(9)10/h2-5,7,11-12H,6,10H2,1H3/t7-/m0/s1. The monoisotopic (exact) mass is 166 g/mol. The van der Waals surface area contributed by atoms with Gasteiger partial charge >= 0.3 is 0 Å². The number of aliphatic hydroxyl groups is 1. The minimum Gasteiger partial charge on any atom is -0.397 e. The van der Waals surface area contributed by atoms with Gasteiger partial charge in [-0.05, 0) is 19.1 Å². The number of aliphatic hydroxyl groups excluding tert-OH is 1. The molecule has 3 heteroatoms. The van der Waals surface area contributed by atoms with E-state index in [-0.39, 0.29) is 6.10 Å². The molecule has 0 saturated heterocycles. The predicted octanol–water partition coefficient (Wildman–Crippen LogP) is 1.06. The van der Waals surface area contributed by atoms with Gasteiger partial charge in [0, 0.05) is 6.54 Å². The highest BCUT2D eigenvalue weighted by atomic mass is 16.3. The molecule has 0 aliphatic rings. The molecule has 1 rings (SSSR count). The maximum atomic E-state index is 9.00. The fourth-order valence-electron chi connectivity index (χ4n) is 0.916. The van der Waals surface area contributed by atoms with Crippen LogP contribution < -0.4 is 11.1 Å². The zero-order chi connectivity index (χ0) is 8.97. The number of hydrogen-bond donors (Lipinski definition) is 3. The molecule has 0 saturated carbocycles. The van der Waals surface area contributed by atoms with Crippen LogP contribution in [0.15, 0.2) is 24.3 Å². The van der Waals surface area contributed by atoms with Gasteiger partial charge in [-0.25, -0.2) is 0 Å². The molecule has 0 aromatic heterocycles. The van der Waals surface area contributed by atoms with Gasteiger partial charge < -0.3 is 16.2 Å². The molecule has 0 fully saturated rings. The number of nitrogens with two attached hydrogens (primary N) is 1. The Labute approximate surface area is 72.2 Å². The van der Waals surface area contributed by atoms with Crippen molar-refractivity contribution in [2.75, 3.05) is 17.6 Å². The van der Waals surface area contributed by atoms with Crippen LogP contribution in [0.25, 0.3) is 0 Å². The van der Waals surface area contributed by atoms with Crippen molar-refractivity contribution < 1.29 is 5.11 Å². The van der Waals surface area contributed by atoms with Gasteiger partial charge in [0.1, 0.15) is 0 Å². The third kappa shape index (κ3) is 2.43. The average Bonchev–Trinajstić information content (AvgIpc) is 2.03. The van der Waals surface area contributed by atoms with Crippen molar-refractivity contribution in [3.63, 3.8) is 0 Å². The highest BCUT2D eigenvalue weighted by Gasteiger charge is 1.97. The summed E-state index contributed by atoms with van der Waals surface area (Å²) in [5.41, 5.74) is 7.24. The van der Waals surface area contributed by atoms with Crippen LogP contribution in [-0.4, -0.2) is 17.8 Å². The Kier molecular flexibility index (Phi) is 2.94. The lowest BCUT2D eigenvalue weighted by Gasteiger charge is -2.09. The van der Waals surface area contributed by atoms with Crippen LogP contribution >= 0.6 is 0 Å². The van der Waals surface area contributed by atoms with E-state index in [1.165, 1.54) is 0 Å². The van der Waals surface area contributed by atoms with Gasteiger partial charge in [0.2, 0.25) is 0 Å². The molecule has 0 heterocycles. The molecule has 0 unspecified atom stereocenters. The lowest BCUT2D eigenvalue weighted by atomic mass is 10.2. The number of para-hydroxylation sites is 2. The van der Waals surface area contributed by atoms with Crippen LogP contribution in [0.5, 0.6) is 0 Å². The van der Waals surface area contributed by atoms with E-state index in [4.69, 9.17) is 10.8 Å². The zero-order valence-corrected chi connectivity index (χ0v) is 7.12. The summed E-state index contributed by atoms with van der Waals surface area (Å²) < 4.78 is 0. The second-order valence-corrected chi connectivity index (χ2v) is 2.82. The van der Waals surface area contributed by atoms with E-state index in [1.54, 1.807) is 6.92 Å². The van der Waals surface area contributed by atoms with Gasteiger partial charge in [0.15, 0.2) is 0 Å². The van der Waals surface area contributed by atoms with Crippen molar-refractivity contribution in [3.8, 4) is 0 Å². The second kappa shape index (κ2) is 3.97. The Balaban J connectivity index is 2.57. The number of hydrogen-bond acceptors (Lipinski definition) is 3. The van der Waals surface area contributed by atoms with Crippen LogP contribution in [0.1, 0.15) is 6.92 Å². The highest BCUT2D eigenvalue weighted by Crippen LogP contribution is 2.16. The Hall–Kier alpha value is -1.22. The van der Waals surface area contributed by atoms with Crippen molar-refractivity contribution in [2.45, 2.75) is 13.0 Å². The molecule has 1 atom stereocenters. The largest absolute Gasteiger partial charge is 0.397 e. The Morgan fingerprint density at radius 1 is 1.50 bits per heavy atom. The second-order valence-electron chi connectivity index (χ2n) is 2.82. The molecule has 1 aromatic carbocycles. The third-order valence-corrected chi connectivity index (χ3v) is 1.55. The van der Waals surface area contributed by atoms with Gasteiger partial charge in [-0.2, -0.15) is 0 Å². The molecule has 4 N–H and O–H groups in total. The Morgan fingerprint density at radius 2 is 2.17 bits per heavy atom. The first-order chi connectivity index (χ1) is 5.70. The lowest BCUT2D eigenvalue weighted by molar-refractivity contribution is 0.208. The van der Waals surface area contributed by atoms with E-state index in [2.05, 4.69) is 5.32 Å². The van der Waals surface area contributed by atoms with Crippen LogP contribution in [0.4, 0.5) is 11.4 Å². The minimum absolute atomic E-state index is 0.357. The fourth-order valence-corrected chi connectivity index (χ4v) is 0.916. The van der Waals surface area contributed by atoms with Gasteiger partial charge in [-0.1, -0.05) is 12.1 Å². The Bertz CT molecular complexity index is 248. The van der Waals surface area contributed by atoms with Crippen molar-refractivity contribution >= 4 is 11.4 Å². The number of nitrogen functional groups attached to an aromatic ring is 1. The molecule has 1 aromatic rings. The molecule has 0 aliphatic heterocycles. The van der Waals surface area contributed by atoms with E-state index in [0.29, 0.717) is 12.2 Å². The fraction of sp³-hybridized carbons (Fsp3) is 0.333. The van der Waals surface area contributed by atoms with Crippen LogP contribution in [0.2, 0.25) is 0 Å². The summed E-state index contributed by atoms with van der Waals surface area (Å²) in [5.74, 6) is 0. The summed E-state index contributed by atoms with van der Waals surface area (Å²) in [6, 6.07) is 7.49. The van der Waals surface area contributed by atoms with E-state index in [0.717, 1.165) is 5.69 Å². The number of anilines is 2. The van der Waals surface area contributed by atoms with E-state index in [1.807, 2.05) is 24.3 Å². The number of nitrogens with one attached hydrogen (secondary N) is 1. The van der Waals surface area contributed by atoms with E-state index >= 15 is 0 Å². The van der Waals surface area contributed by atoms with Crippen molar-refractivity contribution in [1.29, 1.82) is 0 Å². The van der Waals surface area contributed by atoms with Crippen LogP contribution in [0.3, 0.4) is 0 Å². The van der Waals surface area contributed by atoms with Gasteiger partial charge in [0.05, 0.1) is 17.5 Å². The Morgan fingerprint density at radius 3 is 2.75 bits per heavy atom. The highest BCUT2D eigenvalue weighted by molar-refractivity contribution is 5.65. The molecule has 0 radical (unpaired) electrons. The predicted molar refractivity (Wildman–Crippen MR) is 51.0 cm³/mol. The SMILES string of the molecule is C[C@H](O)CNc1ccccc1N. The van der Waals surface area contributed by atoms with E-state index < -0.39 is 0 Å². The third-order valence-electron chi connectivity index (χ3n) is 1.55. The summed E-state index contributed by atoms with van der Waals surface area (Å²) >= 11 is 0. The molecule has 0 spiro atoms. The summed E-state index contributed by atoms with van der Waals surface area (Å²) in [4.78, 5) is 0. The number of benzene rings is 1. The van der Waals surface area contributed by atoms with Gasteiger partial charge in [-0.15, -0.1) is 0 Å². The molecule has 3 nitrogen and oxygen atoms in total. The van der Waals surface area contributed by atoms with Crippen molar-refractivity contribution in [3.05, 3.63) is 24.3 Å². The van der Waals surface area contributed by atoms with Crippen LogP contribution in [-0.2, 0) is 0 Å². The van der Waals surface area contributed by atoms with Crippen molar-refractivity contribution in [2.24, 2.45) is 0 Å². The lowest BCUT2D eigenvalue weighted by Crippen LogP contribution is -2.15. The zero-order valence-electron chi connectivity index (χ0n) is 7.12. The quantitative estimate of drug-likeness (QED) is 0.588. The summed E-state index contributed by atoms with van der Waals surface area (Å²) in [6.45, 7) is 2.25. The smallest absolute Gasteiger partial charge is 0.0684 e. The molecule has 0 aliphatic carbocycles. The van der Waals surface area contributed by atoms with Gasteiger partial charge in [0.25, 0.3) is 0 Å². The average molecular weight is 166 g/mol. The molecule has 12 heavy (non-hydrogen) atoms. The molecule has 0 amide bonds. The minimum atomic E-state index is -0.357. The topological polar surface area (TPSA) is 58.3 Å². The molecular formula is C9H14N2O. The van der Waals surface area contributed by atoms with Crippen LogP contribution in [0, 0.1) is 0 Å². The number of rotatable bonds is 3. The molecule has 0 bridgehead atoms. The first-order valence-electron chi connectivity index (χ1n) is 3.96. The molecule has 66 valence electrons. The maximum Gasteiger partial charge on any atom is 0.0684 e. The summed E-state index contributed by atoms with van der Waals surface area (Å²) in [7, 11) is 0. The first kappa shape index (κ1) is 8.87. The van der Waals surface area contributed by atoms with Crippen molar-refractivity contribution in [1.82, 2.24) is 0 Å². The summed E-state index contributed by atoms with van der Waals surface area (Å²) in [5, 5.41) is 12.0.